The molecule has 0 atom stereocenters. The summed E-state index contributed by atoms with van der Waals surface area (Å²) in [5.41, 5.74) is 1.38. The zero-order valence-corrected chi connectivity index (χ0v) is 13.4. The Hall–Kier alpha value is -1.93. The Kier molecular flexibility index (Phi) is 6.07. The number of primary sulfonamides is 1. The monoisotopic (exact) mass is 328 g/mol. The molecule has 0 radical (unpaired) electrons. The third kappa shape index (κ3) is 5.12. The third-order valence-electron chi connectivity index (χ3n) is 3.29. The van der Waals surface area contributed by atoms with Gasteiger partial charge in [-0.05, 0) is 49.9 Å². The molecule has 22 heavy (non-hydrogen) atoms. The minimum Gasteiger partial charge on any atom is -0.481 e. The summed E-state index contributed by atoms with van der Waals surface area (Å²) in [7, 11) is -3.90. The second-order valence-corrected chi connectivity index (χ2v) is 6.60. The molecule has 1 aromatic rings. The maximum Gasteiger partial charge on any atom is 0.303 e. The average molecular weight is 328 g/mol. The second-order valence-electron chi connectivity index (χ2n) is 5.07. The number of carbonyl (C=O) groups is 2. The molecule has 0 spiro atoms. The fourth-order valence-electron chi connectivity index (χ4n) is 1.96. The van der Waals surface area contributed by atoms with E-state index in [9.17, 15) is 18.0 Å². The Balaban J connectivity index is 2.78. The van der Waals surface area contributed by atoms with E-state index in [4.69, 9.17) is 10.2 Å². The van der Waals surface area contributed by atoms with Gasteiger partial charge in [-0.15, -0.1) is 0 Å². The molecule has 4 N–H and O–H groups in total. The van der Waals surface area contributed by atoms with E-state index in [2.05, 4.69) is 5.32 Å². The summed E-state index contributed by atoms with van der Waals surface area (Å²) < 4.78 is 23.1. The Bertz CT molecular complexity index is 683. The molecule has 0 saturated heterocycles. The number of hydrogen-bond donors (Lipinski definition) is 3. The second kappa shape index (κ2) is 7.37. The van der Waals surface area contributed by atoms with Crippen LogP contribution in [0.1, 0.15) is 40.7 Å². The molecule has 122 valence electrons. The molecular weight excluding hydrogens is 308 g/mol. The lowest BCUT2D eigenvalue weighted by Crippen LogP contribution is -2.25. The summed E-state index contributed by atoms with van der Waals surface area (Å²) in [4.78, 5) is 22.3. The number of aryl methyl sites for hydroxylation is 1. The number of aliphatic carboxylic acids is 1. The van der Waals surface area contributed by atoms with Crippen LogP contribution >= 0.6 is 0 Å². The summed E-state index contributed by atoms with van der Waals surface area (Å²) in [5.74, 6) is -1.29. The molecule has 0 fully saturated rings. The van der Waals surface area contributed by atoms with Crippen molar-refractivity contribution in [1.82, 2.24) is 5.32 Å². The Morgan fingerprint density at radius 2 is 1.86 bits per heavy atom. The minimum atomic E-state index is -3.90. The number of carboxylic acid groups (broad SMARTS) is 1. The standard InChI is InChI=1S/C14H20N2O5S/c1-9-7-11(8-12(10(9)2)22(15,20)21)14(19)16-6-4-3-5-13(17)18/h7-8H,3-6H2,1-2H3,(H,16,19)(H,17,18)(H2,15,20,21). The van der Waals surface area contributed by atoms with E-state index in [-0.39, 0.29) is 16.9 Å². The molecule has 0 saturated carbocycles. The Morgan fingerprint density at radius 1 is 1.23 bits per heavy atom. The number of sulfonamides is 1. The number of unbranched alkanes of at least 4 members (excludes halogenated alkanes) is 1. The number of carboxylic acids is 1. The van der Waals surface area contributed by atoms with Crippen molar-refractivity contribution in [2.24, 2.45) is 5.14 Å². The number of rotatable bonds is 7. The van der Waals surface area contributed by atoms with Gasteiger partial charge < -0.3 is 10.4 Å². The lowest BCUT2D eigenvalue weighted by atomic mass is 10.1. The van der Waals surface area contributed by atoms with Crippen molar-refractivity contribution in [2.45, 2.75) is 38.0 Å². The van der Waals surface area contributed by atoms with E-state index >= 15 is 0 Å². The highest BCUT2D eigenvalue weighted by Crippen LogP contribution is 2.20. The molecule has 0 aromatic heterocycles. The average Bonchev–Trinajstić information content (AvgIpc) is 2.39. The minimum absolute atomic E-state index is 0.0507. The van der Waals surface area contributed by atoms with Crippen LogP contribution in [0.15, 0.2) is 17.0 Å². The van der Waals surface area contributed by atoms with Gasteiger partial charge in [0.25, 0.3) is 5.91 Å². The van der Waals surface area contributed by atoms with Crippen LogP contribution in [0, 0.1) is 13.8 Å². The van der Waals surface area contributed by atoms with E-state index in [0.29, 0.717) is 30.5 Å². The molecule has 7 nitrogen and oxygen atoms in total. The van der Waals surface area contributed by atoms with E-state index in [1.807, 2.05) is 0 Å². The quantitative estimate of drug-likeness (QED) is 0.642. The zero-order chi connectivity index (χ0) is 16.9. The molecule has 0 heterocycles. The molecule has 0 aliphatic heterocycles. The highest BCUT2D eigenvalue weighted by molar-refractivity contribution is 7.89. The van der Waals surface area contributed by atoms with Crippen LogP contribution < -0.4 is 10.5 Å². The van der Waals surface area contributed by atoms with Gasteiger partial charge in [-0.2, -0.15) is 0 Å². The summed E-state index contributed by atoms with van der Waals surface area (Å²) in [6.07, 6.45) is 1.05. The van der Waals surface area contributed by atoms with Crippen molar-refractivity contribution in [3.63, 3.8) is 0 Å². The van der Waals surface area contributed by atoms with Gasteiger partial charge in [-0.3, -0.25) is 9.59 Å². The molecule has 0 aliphatic rings. The molecule has 1 aromatic carbocycles. The van der Waals surface area contributed by atoms with E-state index in [0.717, 1.165) is 0 Å². The van der Waals surface area contributed by atoms with E-state index in [1.165, 1.54) is 6.07 Å². The van der Waals surface area contributed by atoms with Gasteiger partial charge in [-0.25, -0.2) is 13.6 Å². The smallest absolute Gasteiger partial charge is 0.303 e. The van der Waals surface area contributed by atoms with Gasteiger partial charge in [0.15, 0.2) is 0 Å². The highest BCUT2D eigenvalue weighted by atomic mass is 32.2. The molecule has 1 amide bonds. The largest absolute Gasteiger partial charge is 0.481 e. The number of nitrogens with two attached hydrogens (primary N) is 1. The predicted molar refractivity (Wildman–Crippen MR) is 81.1 cm³/mol. The molecule has 0 bridgehead atoms. The number of nitrogens with one attached hydrogen (secondary N) is 1. The summed E-state index contributed by atoms with van der Waals surface area (Å²) in [6, 6.07) is 2.85. The van der Waals surface area contributed by atoms with Crippen LogP contribution in [0.2, 0.25) is 0 Å². The van der Waals surface area contributed by atoms with Crippen molar-refractivity contribution < 1.29 is 23.1 Å². The number of hydrogen-bond acceptors (Lipinski definition) is 4. The molecular formula is C14H20N2O5S. The van der Waals surface area contributed by atoms with Crippen molar-refractivity contribution >= 4 is 21.9 Å². The van der Waals surface area contributed by atoms with Crippen LogP contribution in [0.3, 0.4) is 0 Å². The van der Waals surface area contributed by atoms with Crippen LogP contribution in [-0.4, -0.2) is 31.9 Å². The van der Waals surface area contributed by atoms with Crippen LogP contribution in [0.25, 0.3) is 0 Å². The van der Waals surface area contributed by atoms with Crippen molar-refractivity contribution in [3.05, 3.63) is 28.8 Å². The third-order valence-corrected chi connectivity index (χ3v) is 4.33. The van der Waals surface area contributed by atoms with Gasteiger partial charge in [0.2, 0.25) is 10.0 Å². The Morgan fingerprint density at radius 3 is 2.41 bits per heavy atom. The van der Waals surface area contributed by atoms with Gasteiger partial charge >= 0.3 is 5.97 Å². The van der Waals surface area contributed by atoms with Crippen LogP contribution in [0.5, 0.6) is 0 Å². The molecule has 1 rings (SSSR count). The first-order valence-corrected chi connectivity index (χ1v) is 8.31. The summed E-state index contributed by atoms with van der Waals surface area (Å²) in [5, 5.41) is 16.3. The lowest BCUT2D eigenvalue weighted by molar-refractivity contribution is -0.137. The summed E-state index contributed by atoms with van der Waals surface area (Å²) >= 11 is 0. The van der Waals surface area contributed by atoms with Gasteiger partial charge in [0.05, 0.1) is 4.90 Å². The SMILES string of the molecule is Cc1cc(C(=O)NCCCCC(=O)O)cc(S(N)(=O)=O)c1C. The van der Waals surface area contributed by atoms with Crippen molar-refractivity contribution in [3.8, 4) is 0 Å². The molecule has 8 heteroatoms. The van der Waals surface area contributed by atoms with Crippen LogP contribution in [-0.2, 0) is 14.8 Å². The normalized spacial score (nSPS) is 11.2. The number of amides is 1. The maximum atomic E-state index is 12.0. The topological polar surface area (TPSA) is 127 Å². The van der Waals surface area contributed by atoms with Crippen molar-refractivity contribution in [1.29, 1.82) is 0 Å². The van der Waals surface area contributed by atoms with Gasteiger partial charge in [0.1, 0.15) is 0 Å². The zero-order valence-electron chi connectivity index (χ0n) is 12.5. The first-order chi connectivity index (χ1) is 10.1. The lowest BCUT2D eigenvalue weighted by Gasteiger charge is -2.11. The Labute approximate surface area is 129 Å². The maximum absolute atomic E-state index is 12.0. The summed E-state index contributed by atoms with van der Waals surface area (Å²) in [6.45, 7) is 3.65. The van der Waals surface area contributed by atoms with Crippen molar-refractivity contribution in [2.75, 3.05) is 6.54 Å². The van der Waals surface area contributed by atoms with Crippen LogP contribution in [0.4, 0.5) is 0 Å². The highest BCUT2D eigenvalue weighted by Gasteiger charge is 2.17. The van der Waals surface area contributed by atoms with E-state index < -0.39 is 21.9 Å². The number of benzene rings is 1. The molecule has 0 aliphatic carbocycles. The first-order valence-electron chi connectivity index (χ1n) is 6.77. The fraction of sp³-hybridized carbons (Fsp3) is 0.429. The molecule has 0 unspecified atom stereocenters. The predicted octanol–water partition coefficient (Wildman–Crippen LogP) is 0.936. The van der Waals surface area contributed by atoms with Gasteiger partial charge in [-0.1, -0.05) is 0 Å². The number of carbonyl (C=O) groups excluding carboxylic acids is 1. The van der Waals surface area contributed by atoms with Gasteiger partial charge in [0, 0.05) is 18.5 Å². The van der Waals surface area contributed by atoms with E-state index in [1.54, 1.807) is 19.9 Å². The fourth-order valence-corrected chi connectivity index (χ4v) is 2.84. The first kappa shape index (κ1) is 18.1.